The molecule has 0 aliphatic heterocycles. The Balaban J connectivity index is 2.31. The highest BCUT2D eigenvalue weighted by Gasteiger charge is 2.14. The monoisotopic (exact) mass is 255 g/mol. The standard InChI is InChI=1S/C15H10ClNO/c16-13-7-3-2-6-12(13)15-10-9-11-5-1-4-8-14(11)17(15)18/h1-10H. The first-order valence-corrected chi connectivity index (χ1v) is 6.01. The molecule has 3 rings (SSSR count). The second-order valence-corrected chi connectivity index (χ2v) is 4.46. The van der Waals surface area contributed by atoms with Crippen molar-refractivity contribution in [3.63, 3.8) is 0 Å². The van der Waals surface area contributed by atoms with Crippen LogP contribution in [-0.2, 0) is 0 Å². The predicted molar refractivity (Wildman–Crippen MR) is 73.4 cm³/mol. The average Bonchev–Trinajstić information content (AvgIpc) is 2.41. The van der Waals surface area contributed by atoms with Crippen LogP contribution in [0.3, 0.4) is 0 Å². The van der Waals surface area contributed by atoms with E-state index in [-0.39, 0.29) is 0 Å². The number of halogens is 1. The average molecular weight is 256 g/mol. The summed E-state index contributed by atoms with van der Waals surface area (Å²) in [7, 11) is 0. The Morgan fingerprint density at radius 3 is 2.39 bits per heavy atom. The fourth-order valence-electron chi connectivity index (χ4n) is 2.05. The van der Waals surface area contributed by atoms with Gasteiger partial charge in [-0.3, -0.25) is 0 Å². The first kappa shape index (κ1) is 11.1. The fourth-order valence-corrected chi connectivity index (χ4v) is 2.28. The van der Waals surface area contributed by atoms with Crippen molar-refractivity contribution in [1.29, 1.82) is 0 Å². The van der Waals surface area contributed by atoms with Crippen LogP contribution >= 0.6 is 11.6 Å². The fraction of sp³-hybridized carbons (Fsp3) is 0. The maximum absolute atomic E-state index is 12.3. The van der Waals surface area contributed by atoms with Crippen LogP contribution in [0.25, 0.3) is 22.2 Å². The molecule has 0 N–H and O–H groups in total. The van der Waals surface area contributed by atoms with Gasteiger partial charge in [-0.1, -0.05) is 35.9 Å². The lowest BCUT2D eigenvalue weighted by atomic mass is 10.1. The van der Waals surface area contributed by atoms with Crippen LogP contribution < -0.4 is 4.73 Å². The van der Waals surface area contributed by atoms with Gasteiger partial charge in [-0.25, -0.2) is 0 Å². The maximum Gasteiger partial charge on any atom is 0.225 e. The summed E-state index contributed by atoms with van der Waals surface area (Å²) >= 11 is 6.13. The number of pyridine rings is 1. The van der Waals surface area contributed by atoms with Gasteiger partial charge in [-0.05, 0) is 24.3 Å². The molecule has 2 aromatic carbocycles. The molecule has 0 amide bonds. The Bertz CT molecular complexity index is 725. The van der Waals surface area contributed by atoms with Crippen molar-refractivity contribution >= 4 is 22.5 Å². The number of hydrogen-bond acceptors (Lipinski definition) is 1. The SMILES string of the molecule is [O-][n+]1c(-c2ccccc2Cl)ccc2ccccc21. The highest BCUT2D eigenvalue weighted by molar-refractivity contribution is 6.33. The number of benzene rings is 2. The predicted octanol–water partition coefficient (Wildman–Crippen LogP) is 3.79. The Morgan fingerprint density at radius 1 is 0.833 bits per heavy atom. The molecule has 1 aromatic heterocycles. The van der Waals surface area contributed by atoms with E-state index >= 15 is 0 Å². The lowest BCUT2D eigenvalue weighted by molar-refractivity contribution is -0.565. The van der Waals surface area contributed by atoms with E-state index in [1.807, 2.05) is 48.5 Å². The molecule has 0 fully saturated rings. The number of para-hydroxylation sites is 1. The minimum atomic E-state index is 0.569. The summed E-state index contributed by atoms with van der Waals surface area (Å²) in [4.78, 5) is 0. The van der Waals surface area contributed by atoms with Gasteiger partial charge in [0.05, 0.1) is 10.6 Å². The molecule has 0 aliphatic rings. The first-order chi connectivity index (χ1) is 8.77. The molecule has 3 aromatic rings. The lowest BCUT2D eigenvalue weighted by Crippen LogP contribution is -2.30. The largest absolute Gasteiger partial charge is 0.618 e. The summed E-state index contributed by atoms with van der Waals surface area (Å²) in [6.45, 7) is 0. The van der Waals surface area contributed by atoms with Gasteiger partial charge >= 0.3 is 0 Å². The van der Waals surface area contributed by atoms with Gasteiger partial charge in [-0.15, -0.1) is 0 Å². The Morgan fingerprint density at radius 2 is 1.56 bits per heavy atom. The van der Waals surface area contributed by atoms with Crippen molar-refractivity contribution in [3.8, 4) is 11.3 Å². The molecular formula is C15H10ClNO. The number of aromatic nitrogens is 1. The summed E-state index contributed by atoms with van der Waals surface area (Å²) < 4.78 is 0.927. The van der Waals surface area contributed by atoms with Crippen molar-refractivity contribution < 1.29 is 4.73 Å². The Labute approximate surface area is 110 Å². The molecule has 3 heteroatoms. The Hall–Kier alpha value is -2.06. The van der Waals surface area contributed by atoms with Crippen LogP contribution in [0.5, 0.6) is 0 Å². The van der Waals surface area contributed by atoms with E-state index < -0.39 is 0 Å². The summed E-state index contributed by atoms with van der Waals surface area (Å²) in [5.41, 5.74) is 1.97. The number of hydrogen-bond donors (Lipinski definition) is 0. The van der Waals surface area contributed by atoms with Crippen molar-refractivity contribution in [2.24, 2.45) is 0 Å². The van der Waals surface area contributed by atoms with Gasteiger partial charge in [0.25, 0.3) is 0 Å². The van der Waals surface area contributed by atoms with Gasteiger partial charge < -0.3 is 5.21 Å². The normalized spacial score (nSPS) is 10.7. The van der Waals surface area contributed by atoms with Gasteiger partial charge in [0.2, 0.25) is 11.2 Å². The van der Waals surface area contributed by atoms with Crippen LogP contribution in [0.4, 0.5) is 0 Å². The lowest BCUT2D eigenvalue weighted by Gasteiger charge is -2.08. The van der Waals surface area contributed by atoms with Gasteiger partial charge in [0.1, 0.15) is 0 Å². The molecule has 0 saturated heterocycles. The van der Waals surface area contributed by atoms with Crippen LogP contribution in [0, 0.1) is 5.21 Å². The summed E-state index contributed by atoms with van der Waals surface area (Å²) in [6, 6.07) is 18.6. The van der Waals surface area contributed by atoms with E-state index in [9.17, 15) is 5.21 Å². The molecule has 0 bridgehead atoms. The molecule has 2 nitrogen and oxygen atoms in total. The second-order valence-electron chi connectivity index (χ2n) is 4.05. The maximum atomic E-state index is 12.3. The molecule has 18 heavy (non-hydrogen) atoms. The molecule has 0 aliphatic carbocycles. The molecule has 0 saturated carbocycles. The first-order valence-electron chi connectivity index (χ1n) is 5.63. The van der Waals surface area contributed by atoms with Crippen LogP contribution in [0.15, 0.2) is 60.7 Å². The van der Waals surface area contributed by atoms with E-state index in [0.717, 1.165) is 15.7 Å². The van der Waals surface area contributed by atoms with Gasteiger partial charge in [-0.2, -0.15) is 4.73 Å². The third kappa shape index (κ3) is 1.71. The van der Waals surface area contributed by atoms with E-state index in [2.05, 4.69) is 0 Å². The summed E-state index contributed by atoms with van der Waals surface area (Å²) in [5.74, 6) is 0. The summed E-state index contributed by atoms with van der Waals surface area (Å²) in [5, 5.41) is 13.8. The van der Waals surface area contributed by atoms with E-state index in [4.69, 9.17) is 11.6 Å². The van der Waals surface area contributed by atoms with E-state index in [1.165, 1.54) is 0 Å². The van der Waals surface area contributed by atoms with Crippen molar-refractivity contribution in [2.75, 3.05) is 0 Å². The van der Waals surface area contributed by atoms with Crippen molar-refractivity contribution in [3.05, 3.63) is 70.9 Å². The molecule has 0 atom stereocenters. The minimum absolute atomic E-state index is 0.569. The quantitative estimate of drug-likeness (QED) is 0.480. The van der Waals surface area contributed by atoms with Gasteiger partial charge in [0, 0.05) is 17.5 Å². The van der Waals surface area contributed by atoms with E-state index in [1.54, 1.807) is 12.1 Å². The molecule has 1 heterocycles. The zero-order valence-electron chi connectivity index (χ0n) is 9.51. The van der Waals surface area contributed by atoms with Crippen molar-refractivity contribution in [1.82, 2.24) is 0 Å². The molecule has 0 unspecified atom stereocenters. The zero-order valence-corrected chi connectivity index (χ0v) is 10.3. The third-order valence-electron chi connectivity index (χ3n) is 2.94. The number of rotatable bonds is 1. The van der Waals surface area contributed by atoms with E-state index in [0.29, 0.717) is 16.2 Å². The smallest absolute Gasteiger partial charge is 0.225 e. The minimum Gasteiger partial charge on any atom is -0.618 e. The Kier molecular flexibility index (Phi) is 2.65. The molecular weight excluding hydrogens is 246 g/mol. The zero-order chi connectivity index (χ0) is 12.5. The number of fused-ring (bicyclic) bond motifs is 1. The second kappa shape index (κ2) is 4.31. The highest BCUT2D eigenvalue weighted by atomic mass is 35.5. The molecule has 88 valence electrons. The van der Waals surface area contributed by atoms with Crippen LogP contribution in [-0.4, -0.2) is 0 Å². The number of nitrogens with zero attached hydrogens (tertiary/aromatic N) is 1. The topological polar surface area (TPSA) is 26.9 Å². The molecule has 0 spiro atoms. The summed E-state index contributed by atoms with van der Waals surface area (Å²) in [6.07, 6.45) is 0. The van der Waals surface area contributed by atoms with Crippen LogP contribution in [0.1, 0.15) is 0 Å². The molecule has 0 radical (unpaired) electrons. The van der Waals surface area contributed by atoms with Crippen LogP contribution in [0.2, 0.25) is 5.02 Å². The highest BCUT2D eigenvalue weighted by Crippen LogP contribution is 2.26. The van der Waals surface area contributed by atoms with Gasteiger partial charge in [0.15, 0.2) is 0 Å². The van der Waals surface area contributed by atoms with Crippen molar-refractivity contribution in [2.45, 2.75) is 0 Å². The third-order valence-corrected chi connectivity index (χ3v) is 3.27.